The zero-order valence-corrected chi connectivity index (χ0v) is 13.5. The number of carbonyl (C=O) groups is 1. The highest BCUT2D eigenvalue weighted by Gasteiger charge is 2.31. The van der Waals surface area contributed by atoms with E-state index in [0.29, 0.717) is 18.5 Å². The molecule has 0 spiro atoms. The number of carbonyl (C=O) groups excluding carboxylic acids is 1. The van der Waals surface area contributed by atoms with E-state index in [9.17, 15) is 18.0 Å². The zero-order chi connectivity index (χ0) is 18.3. The quantitative estimate of drug-likeness (QED) is 0.834. The molecule has 2 rings (SSSR count). The molecule has 134 valence electrons. The highest BCUT2D eigenvalue weighted by molar-refractivity contribution is 5.74. The minimum atomic E-state index is -4.72. The van der Waals surface area contributed by atoms with Gasteiger partial charge in [-0.3, -0.25) is 4.98 Å². The molecule has 1 atom stereocenters. The third-order valence-electron chi connectivity index (χ3n) is 3.35. The molecule has 2 aromatic rings. The lowest BCUT2D eigenvalue weighted by atomic mass is 10.1. The van der Waals surface area contributed by atoms with Crippen LogP contribution in [0, 0.1) is 0 Å². The van der Waals surface area contributed by atoms with Gasteiger partial charge in [0.2, 0.25) is 0 Å². The van der Waals surface area contributed by atoms with Crippen molar-refractivity contribution in [1.29, 1.82) is 0 Å². The maximum Gasteiger partial charge on any atom is 0.573 e. The standard InChI is InChI=1S/C17H18F3N3O2/c1-12(13-5-7-15(8-6-13)25-17(18,19)20)23-16(24)22-11-9-14-4-2-3-10-21-14/h2-8,10,12H,9,11H2,1H3,(H2,22,23,24). The smallest absolute Gasteiger partial charge is 0.406 e. The Morgan fingerprint density at radius 1 is 1.20 bits per heavy atom. The molecule has 0 fully saturated rings. The minimum absolute atomic E-state index is 0.303. The molecule has 0 aliphatic carbocycles. The number of hydrogen-bond donors (Lipinski definition) is 2. The summed E-state index contributed by atoms with van der Waals surface area (Å²) in [7, 11) is 0. The molecular weight excluding hydrogens is 335 g/mol. The lowest BCUT2D eigenvalue weighted by molar-refractivity contribution is -0.274. The Bertz CT molecular complexity index is 676. The second kappa shape index (κ2) is 8.36. The molecule has 2 N–H and O–H groups in total. The topological polar surface area (TPSA) is 63.2 Å². The normalized spacial score (nSPS) is 12.3. The number of aromatic nitrogens is 1. The van der Waals surface area contributed by atoms with Gasteiger partial charge in [0.1, 0.15) is 5.75 Å². The summed E-state index contributed by atoms with van der Waals surface area (Å²) in [6.07, 6.45) is -2.44. The number of hydrogen-bond acceptors (Lipinski definition) is 3. The van der Waals surface area contributed by atoms with Gasteiger partial charge in [-0.2, -0.15) is 0 Å². The first-order valence-electron chi connectivity index (χ1n) is 7.63. The molecule has 1 unspecified atom stereocenters. The fraction of sp³-hybridized carbons (Fsp3) is 0.294. The summed E-state index contributed by atoms with van der Waals surface area (Å²) in [5, 5.41) is 5.43. The van der Waals surface area contributed by atoms with Crippen molar-refractivity contribution < 1.29 is 22.7 Å². The van der Waals surface area contributed by atoms with Crippen molar-refractivity contribution in [2.75, 3.05) is 6.54 Å². The maximum atomic E-state index is 12.1. The zero-order valence-electron chi connectivity index (χ0n) is 13.5. The van der Waals surface area contributed by atoms with Gasteiger partial charge in [0.05, 0.1) is 6.04 Å². The fourth-order valence-electron chi connectivity index (χ4n) is 2.14. The SMILES string of the molecule is CC(NC(=O)NCCc1ccccn1)c1ccc(OC(F)(F)F)cc1. The first-order chi connectivity index (χ1) is 11.8. The van der Waals surface area contributed by atoms with Gasteiger partial charge in [0.15, 0.2) is 0 Å². The van der Waals surface area contributed by atoms with Crippen molar-refractivity contribution in [3.05, 3.63) is 59.9 Å². The van der Waals surface area contributed by atoms with E-state index in [0.717, 1.165) is 5.69 Å². The first kappa shape index (κ1) is 18.6. The van der Waals surface area contributed by atoms with Gasteiger partial charge in [-0.05, 0) is 36.8 Å². The highest BCUT2D eigenvalue weighted by atomic mass is 19.4. The van der Waals surface area contributed by atoms with Crippen LogP contribution >= 0.6 is 0 Å². The molecule has 0 saturated carbocycles. The fourth-order valence-corrected chi connectivity index (χ4v) is 2.14. The lowest BCUT2D eigenvalue weighted by Crippen LogP contribution is -2.38. The van der Waals surface area contributed by atoms with Crippen molar-refractivity contribution in [3.8, 4) is 5.75 Å². The molecule has 2 amide bonds. The monoisotopic (exact) mass is 353 g/mol. The minimum Gasteiger partial charge on any atom is -0.406 e. The molecule has 0 bridgehead atoms. The van der Waals surface area contributed by atoms with Crippen molar-refractivity contribution in [3.63, 3.8) is 0 Å². The van der Waals surface area contributed by atoms with E-state index in [2.05, 4.69) is 20.4 Å². The molecule has 1 heterocycles. The molecule has 0 aliphatic heterocycles. The van der Waals surface area contributed by atoms with Crippen LogP contribution in [-0.2, 0) is 6.42 Å². The third-order valence-corrected chi connectivity index (χ3v) is 3.35. The molecule has 0 saturated heterocycles. The average Bonchev–Trinajstić information content (AvgIpc) is 2.55. The van der Waals surface area contributed by atoms with Crippen molar-refractivity contribution in [2.45, 2.75) is 25.7 Å². The van der Waals surface area contributed by atoms with Crippen molar-refractivity contribution in [1.82, 2.24) is 15.6 Å². The Balaban J connectivity index is 1.78. The van der Waals surface area contributed by atoms with Gasteiger partial charge in [-0.15, -0.1) is 13.2 Å². The number of alkyl halides is 3. The number of halogens is 3. The van der Waals surface area contributed by atoms with E-state index in [4.69, 9.17) is 0 Å². The predicted octanol–water partition coefficient (Wildman–Crippen LogP) is 3.58. The van der Waals surface area contributed by atoms with Gasteiger partial charge < -0.3 is 15.4 Å². The van der Waals surface area contributed by atoms with Crippen LogP contribution in [0.3, 0.4) is 0 Å². The molecule has 8 heteroatoms. The molecular formula is C17H18F3N3O2. The van der Waals surface area contributed by atoms with E-state index < -0.39 is 6.36 Å². The number of benzene rings is 1. The van der Waals surface area contributed by atoms with Gasteiger partial charge >= 0.3 is 12.4 Å². The van der Waals surface area contributed by atoms with Crippen LogP contribution in [0.2, 0.25) is 0 Å². The lowest BCUT2D eigenvalue weighted by Gasteiger charge is -2.16. The molecule has 1 aromatic carbocycles. The van der Waals surface area contributed by atoms with Crippen LogP contribution in [0.1, 0.15) is 24.2 Å². The van der Waals surface area contributed by atoms with Gasteiger partial charge in [0, 0.05) is 24.9 Å². The van der Waals surface area contributed by atoms with E-state index in [1.807, 2.05) is 18.2 Å². The molecule has 5 nitrogen and oxygen atoms in total. The average molecular weight is 353 g/mol. The predicted molar refractivity (Wildman–Crippen MR) is 86.0 cm³/mol. The second-order valence-corrected chi connectivity index (χ2v) is 5.31. The second-order valence-electron chi connectivity index (χ2n) is 5.31. The Labute approximate surface area is 143 Å². The molecule has 0 aliphatic rings. The number of ether oxygens (including phenoxy) is 1. The number of urea groups is 1. The van der Waals surface area contributed by atoms with Gasteiger partial charge in [0.25, 0.3) is 0 Å². The summed E-state index contributed by atoms with van der Waals surface area (Å²) in [4.78, 5) is 16.0. The van der Waals surface area contributed by atoms with Crippen LogP contribution in [0.25, 0.3) is 0 Å². The third kappa shape index (κ3) is 6.70. The van der Waals surface area contributed by atoms with Crippen LogP contribution in [0.4, 0.5) is 18.0 Å². The maximum absolute atomic E-state index is 12.1. The Morgan fingerprint density at radius 3 is 2.52 bits per heavy atom. The van der Waals surface area contributed by atoms with E-state index in [1.165, 1.54) is 24.3 Å². The van der Waals surface area contributed by atoms with Gasteiger partial charge in [-0.25, -0.2) is 4.79 Å². The largest absolute Gasteiger partial charge is 0.573 e. The summed E-state index contributed by atoms with van der Waals surface area (Å²) >= 11 is 0. The van der Waals surface area contributed by atoms with E-state index >= 15 is 0 Å². The number of nitrogens with zero attached hydrogens (tertiary/aromatic N) is 1. The summed E-state index contributed by atoms with van der Waals surface area (Å²) < 4.78 is 40.2. The Hall–Kier alpha value is -2.77. The summed E-state index contributed by atoms with van der Waals surface area (Å²) in [5.41, 5.74) is 1.53. The number of amides is 2. The first-order valence-corrected chi connectivity index (χ1v) is 7.63. The molecule has 0 radical (unpaired) electrons. The number of rotatable bonds is 6. The Kier molecular flexibility index (Phi) is 6.21. The van der Waals surface area contributed by atoms with Crippen LogP contribution in [-0.4, -0.2) is 23.9 Å². The van der Waals surface area contributed by atoms with E-state index in [-0.39, 0.29) is 17.8 Å². The number of nitrogens with one attached hydrogen (secondary N) is 2. The van der Waals surface area contributed by atoms with Crippen LogP contribution in [0.15, 0.2) is 48.7 Å². The summed E-state index contributed by atoms with van der Waals surface area (Å²) in [6, 6.07) is 10.2. The van der Waals surface area contributed by atoms with Crippen LogP contribution in [0.5, 0.6) is 5.75 Å². The van der Waals surface area contributed by atoms with Gasteiger partial charge in [-0.1, -0.05) is 18.2 Å². The summed E-state index contributed by atoms with van der Waals surface area (Å²) in [6.45, 7) is 2.16. The molecule has 25 heavy (non-hydrogen) atoms. The number of pyridine rings is 1. The Morgan fingerprint density at radius 2 is 1.92 bits per heavy atom. The summed E-state index contributed by atoms with van der Waals surface area (Å²) in [5.74, 6) is -0.303. The molecule has 1 aromatic heterocycles. The van der Waals surface area contributed by atoms with Crippen molar-refractivity contribution >= 4 is 6.03 Å². The van der Waals surface area contributed by atoms with Crippen molar-refractivity contribution in [2.24, 2.45) is 0 Å². The van der Waals surface area contributed by atoms with Crippen LogP contribution < -0.4 is 15.4 Å². The highest BCUT2D eigenvalue weighted by Crippen LogP contribution is 2.24. The van der Waals surface area contributed by atoms with E-state index in [1.54, 1.807) is 13.1 Å².